The Morgan fingerprint density at radius 1 is 1.30 bits per heavy atom. The molecule has 2 nitrogen and oxygen atoms in total. The monoisotopic (exact) mass is 312 g/mol. The summed E-state index contributed by atoms with van der Waals surface area (Å²) in [6, 6.07) is 6.65. The molecular formula is C21H28O2. The largest absolute Gasteiger partial charge is 0.497 e. The lowest BCUT2D eigenvalue weighted by atomic mass is 9.54. The average molecular weight is 312 g/mol. The van der Waals surface area contributed by atoms with E-state index in [-0.39, 0.29) is 5.41 Å². The number of carbonyl (C=O) groups excluding carboxylic acids is 1. The van der Waals surface area contributed by atoms with E-state index in [1.54, 1.807) is 12.7 Å². The predicted molar refractivity (Wildman–Crippen MR) is 91.8 cm³/mol. The van der Waals surface area contributed by atoms with Gasteiger partial charge in [0.1, 0.15) is 11.5 Å². The van der Waals surface area contributed by atoms with Crippen molar-refractivity contribution in [3.8, 4) is 5.75 Å². The first-order chi connectivity index (χ1) is 11.1. The molecule has 23 heavy (non-hydrogen) atoms. The van der Waals surface area contributed by atoms with E-state index < -0.39 is 0 Å². The number of Topliss-reactive ketones (excluding diaryl/α,β-unsaturated/α-hetero) is 1. The molecule has 5 atom stereocenters. The van der Waals surface area contributed by atoms with Crippen LogP contribution in [0.2, 0.25) is 0 Å². The van der Waals surface area contributed by atoms with Gasteiger partial charge in [0, 0.05) is 11.8 Å². The second-order valence-corrected chi connectivity index (χ2v) is 8.15. The van der Waals surface area contributed by atoms with E-state index in [1.807, 2.05) is 0 Å². The molecule has 2 heteroatoms. The van der Waals surface area contributed by atoms with Crippen LogP contribution in [0.3, 0.4) is 0 Å². The minimum absolute atomic E-state index is 0.0359. The molecule has 0 radical (unpaired) electrons. The van der Waals surface area contributed by atoms with Gasteiger partial charge in [-0.25, -0.2) is 0 Å². The first kappa shape index (κ1) is 15.2. The average Bonchev–Trinajstić information content (AvgIpc) is 2.85. The third-order valence-corrected chi connectivity index (χ3v) is 7.30. The minimum atomic E-state index is -0.0359. The van der Waals surface area contributed by atoms with Gasteiger partial charge in [0.05, 0.1) is 7.11 Å². The van der Waals surface area contributed by atoms with Gasteiger partial charge >= 0.3 is 0 Å². The van der Waals surface area contributed by atoms with Crippen LogP contribution in [0.5, 0.6) is 5.75 Å². The fraction of sp³-hybridized carbons (Fsp3) is 0.667. The Bertz CT molecular complexity index is 635. The lowest BCUT2D eigenvalue weighted by Gasteiger charge is -2.49. The molecular weight excluding hydrogens is 284 g/mol. The number of fused-ring (bicyclic) bond motifs is 5. The Balaban J connectivity index is 1.72. The van der Waals surface area contributed by atoms with Crippen LogP contribution in [-0.4, -0.2) is 12.9 Å². The van der Waals surface area contributed by atoms with E-state index in [0.29, 0.717) is 29.5 Å². The van der Waals surface area contributed by atoms with Crippen molar-refractivity contribution in [1.29, 1.82) is 0 Å². The van der Waals surface area contributed by atoms with Crippen molar-refractivity contribution in [1.82, 2.24) is 0 Å². The third kappa shape index (κ3) is 2.10. The molecule has 0 aromatic heterocycles. The molecule has 1 aromatic rings. The van der Waals surface area contributed by atoms with Crippen LogP contribution in [0.1, 0.15) is 63.0 Å². The van der Waals surface area contributed by atoms with Gasteiger partial charge in [0.25, 0.3) is 0 Å². The zero-order valence-electron chi connectivity index (χ0n) is 14.6. The molecule has 3 aliphatic rings. The van der Waals surface area contributed by atoms with E-state index in [9.17, 15) is 4.79 Å². The SMILES string of the molecule is CC[C@@H]1CC(=O)[C@@]2(C)CC[C@@H]3c4ccc(OC)cc4CC[C@H]3[C@H]12. The summed E-state index contributed by atoms with van der Waals surface area (Å²) in [6.07, 6.45) is 6.64. The fourth-order valence-electron chi connectivity index (χ4n) is 6.13. The third-order valence-electron chi connectivity index (χ3n) is 7.30. The maximum absolute atomic E-state index is 12.7. The number of ether oxygens (including phenoxy) is 1. The Kier molecular flexibility index (Phi) is 3.55. The number of aryl methyl sites for hydroxylation is 1. The Hall–Kier alpha value is -1.31. The molecule has 124 valence electrons. The second-order valence-electron chi connectivity index (χ2n) is 8.15. The fourth-order valence-corrected chi connectivity index (χ4v) is 6.13. The molecule has 0 bridgehead atoms. The molecule has 0 N–H and O–H groups in total. The van der Waals surface area contributed by atoms with Crippen molar-refractivity contribution >= 4 is 5.78 Å². The molecule has 3 aliphatic carbocycles. The van der Waals surface area contributed by atoms with Gasteiger partial charge in [-0.2, -0.15) is 0 Å². The van der Waals surface area contributed by atoms with Crippen LogP contribution in [-0.2, 0) is 11.2 Å². The lowest BCUT2D eigenvalue weighted by Crippen LogP contribution is -2.44. The minimum Gasteiger partial charge on any atom is -0.497 e. The molecule has 0 saturated heterocycles. The highest BCUT2D eigenvalue weighted by molar-refractivity contribution is 5.87. The van der Waals surface area contributed by atoms with Crippen molar-refractivity contribution < 1.29 is 9.53 Å². The maximum atomic E-state index is 12.7. The van der Waals surface area contributed by atoms with Crippen molar-refractivity contribution in [2.75, 3.05) is 7.11 Å². The van der Waals surface area contributed by atoms with Crippen molar-refractivity contribution in [2.45, 2.75) is 58.3 Å². The van der Waals surface area contributed by atoms with Crippen LogP contribution in [0, 0.1) is 23.2 Å². The Morgan fingerprint density at radius 3 is 2.87 bits per heavy atom. The Labute approximate surface area is 139 Å². The zero-order chi connectivity index (χ0) is 16.2. The van der Waals surface area contributed by atoms with Gasteiger partial charge in [-0.1, -0.05) is 26.3 Å². The number of hydrogen-bond acceptors (Lipinski definition) is 2. The molecule has 2 fully saturated rings. The molecule has 0 aliphatic heterocycles. The van der Waals surface area contributed by atoms with E-state index in [0.717, 1.165) is 31.4 Å². The smallest absolute Gasteiger partial charge is 0.139 e. The summed E-state index contributed by atoms with van der Waals surface area (Å²) in [6.45, 7) is 4.55. The summed E-state index contributed by atoms with van der Waals surface area (Å²) in [7, 11) is 1.75. The molecule has 0 unspecified atom stereocenters. The van der Waals surface area contributed by atoms with Crippen molar-refractivity contribution in [3.05, 3.63) is 29.3 Å². The van der Waals surface area contributed by atoms with Gasteiger partial charge in [0.15, 0.2) is 0 Å². The summed E-state index contributed by atoms with van der Waals surface area (Å²) in [5.74, 6) is 4.10. The standard InChI is InChI=1S/C21H28O2/c1-4-13-12-19(22)21(2)10-9-17-16-8-6-15(23-3)11-14(16)5-7-18(17)20(13)21/h6,8,11,13,17-18,20H,4-5,7,9-10,12H2,1-3H3/t13-,17-,18-,20+,21-/m1/s1. The van der Waals surface area contributed by atoms with Gasteiger partial charge in [-0.3, -0.25) is 4.79 Å². The summed E-state index contributed by atoms with van der Waals surface area (Å²) >= 11 is 0. The molecule has 2 saturated carbocycles. The summed E-state index contributed by atoms with van der Waals surface area (Å²) < 4.78 is 5.41. The van der Waals surface area contributed by atoms with Crippen LogP contribution in [0.4, 0.5) is 0 Å². The van der Waals surface area contributed by atoms with Gasteiger partial charge < -0.3 is 4.74 Å². The number of methoxy groups -OCH3 is 1. The van der Waals surface area contributed by atoms with E-state index >= 15 is 0 Å². The van der Waals surface area contributed by atoms with Crippen LogP contribution >= 0.6 is 0 Å². The molecule has 1 aromatic carbocycles. The van der Waals surface area contributed by atoms with Gasteiger partial charge in [-0.05, 0) is 72.6 Å². The number of ketones is 1. The van der Waals surface area contributed by atoms with Crippen molar-refractivity contribution in [3.63, 3.8) is 0 Å². The predicted octanol–water partition coefficient (Wildman–Crippen LogP) is 4.76. The number of benzene rings is 1. The summed E-state index contributed by atoms with van der Waals surface area (Å²) in [5, 5.41) is 0. The van der Waals surface area contributed by atoms with Gasteiger partial charge in [0.2, 0.25) is 0 Å². The molecule has 0 heterocycles. The van der Waals surface area contributed by atoms with Gasteiger partial charge in [-0.15, -0.1) is 0 Å². The first-order valence-electron chi connectivity index (χ1n) is 9.28. The van der Waals surface area contributed by atoms with E-state index in [2.05, 4.69) is 32.0 Å². The highest BCUT2D eigenvalue weighted by Crippen LogP contribution is 2.61. The highest BCUT2D eigenvalue weighted by Gasteiger charge is 2.58. The van der Waals surface area contributed by atoms with E-state index in [1.165, 1.54) is 18.4 Å². The normalized spacial score (nSPS) is 38.7. The number of hydrogen-bond donors (Lipinski definition) is 0. The zero-order valence-corrected chi connectivity index (χ0v) is 14.6. The van der Waals surface area contributed by atoms with Crippen LogP contribution < -0.4 is 4.74 Å². The molecule has 0 amide bonds. The summed E-state index contributed by atoms with van der Waals surface area (Å²) in [4.78, 5) is 12.7. The number of carbonyl (C=O) groups is 1. The second kappa shape index (κ2) is 5.36. The van der Waals surface area contributed by atoms with Crippen LogP contribution in [0.15, 0.2) is 18.2 Å². The maximum Gasteiger partial charge on any atom is 0.139 e. The first-order valence-corrected chi connectivity index (χ1v) is 9.28. The van der Waals surface area contributed by atoms with Crippen LogP contribution in [0.25, 0.3) is 0 Å². The number of rotatable bonds is 2. The highest BCUT2D eigenvalue weighted by atomic mass is 16.5. The Morgan fingerprint density at radius 2 is 2.13 bits per heavy atom. The topological polar surface area (TPSA) is 26.3 Å². The summed E-state index contributed by atoms with van der Waals surface area (Å²) in [5.41, 5.74) is 2.98. The van der Waals surface area contributed by atoms with E-state index in [4.69, 9.17) is 4.74 Å². The quantitative estimate of drug-likeness (QED) is 0.787. The lowest BCUT2D eigenvalue weighted by molar-refractivity contribution is -0.129. The molecule has 0 spiro atoms. The van der Waals surface area contributed by atoms with Crippen molar-refractivity contribution in [2.24, 2.45) is 23.2 Å². The molecule has 4 rings (SSSR count).